The molecule has 0 aromatic heterocycles. The maximum Gasteiger partial charge on any atom is 0.127 e. The Balaban J connectivity index is 2.06. The van der Waals surface area contributed by atoms with Gasteiger partial charge in [0, 0.05) is 24.7 Å². The van der Waals surface area contributed by atoms with Gasteiger partial charge in [0.2, 0.25) is 0 Å². The molecule has 1 unspecified atom stereocenters. The fourth-order valence-corrected chi connectivity index (χ4v) is 2.60. The van der Waals surface area contributed by atoms with Crippen molar-refractivity contribution in [2.24, 2.45) is 0 Å². The molecular formula is C15H20FN3. The molecule has 19 heavy (non-hydrogen) atoms. The minimum absolute atomic E-state index is 0.217. The number of nitriles is 1. The van der Waals surface area contributed by atoms with Gasteiger partial charge in [0.25, 0.3) is 0 Å². The third-order valence-corrected chi connectivity index (χ3v) is 3.78. The quantitative estimate of drug-likeness (QED) is 0.836. The maximum atomic E-state index is 13.8. The molecule has 1 aliphatic rings. The Labute approximate surface area is 114 Å². The number of rotatable bonds is 3. The van der Waals surface area contributed by atoms with Crippen LogP contribution in [0.25, 0.3) is 0 Å². The summed E-state index contributed by atoms with van der Waals surface area (Å²) in [6.07, 6.45) is 2.34. The number of hydrogen-bond donors (Lipinski definition) is 0. The Morgan fingerprint density at radius 2 is 2.26 bits per heavy atom. The Kier molecular flexibility index (Phi) is 4.52. The van der Waals surface area contributed by atoms with E-state index >= 15 is 0 Å². The first-order valence-electron chi connectivity index (χ1n) is 6.67. The zero-order valence-electron chi connectivity index (χ0n) is 11.6. The maximum absolute atomic E-state index is 13.8. The Morgan fingerprint density at radius 1 is 1.47 bits per heavy atom. The highest BCUT2D eigenvalue weighted by molar-refractivity contribution is 5.33. The first-order valence-corrected chi connectivity index (χ1v) is 6.67. The highest BCUT2D eigenvalue weighted by Crippen LogP contribution is 2.18. The molecule has 0 amide bonds. The van der Waals surface area contributed by atoms with Crippen LogP contribution in [0, 0.1) is 17.1 Å². The zero-order valence-corrected chi connectivity index (χ0v) is 11.6. The van der Waals surface area contributed by atoms with Gasteiger partial charge in [-0.1, -0.05) is 0 Å². The topological polar surface area (TPSA) is 30.3 Å². The lowest BCUT2D eigenvalue weighted by Gasteiger charge is -2.36. The van der Waals surface area contributed by atoms with Crippen molar-refractivity contribution in [2.45, 2.75) is 25.4 Å². The van der Waals surface area contributed by atoms with Crippen LogP contribution in [0.2, 0.25) is 0 Å². The molecule has 0 aliphatic carbocycles. The third-order valence-electron chi connectivity index (χ3n) is 3.78. The van der Waals surface area contributed by atoms with Gasteiger partial charge in [-0.25, -0.2) is 4.39 Å². The number of benzene rings is 1. The summed E-state index contributed by atoms with van der Waals surface area (Å²) in [5.74, 6) is -0.217. The van der Waals surface area contributed by atoms with Crippen LogP contribution in [-0.2, 0) is 6.54 Å². The van der Waals surface area contributed by atoms with E-state index in [2.05, 4.69) is 30.0 Å². The molecule has 0 bridgehead atoms. The number of hydrogen-bond acceptors (Lipinski definition) is 3. The largest absolute Gasteiger partial charge is 0.305 e. The summed E-state index contributed by atoms with van der Waals surface area (Å²) in [5, 5.41) is 8.88. The van der Waals surface area contributed by atoms with Gasteiger partial charge in [-0.3, -0.25) is 4.90 Å². The van der Waals surface area contributed by atoms with E-state index in [4.69, 9.17) is 5.26 Å². The van der Waals surface area contributed by atoms with Crippen molar-refractivity contribution in [3.8, 4) is 6.07 Å². The van der Waals surface area contributed by atoms with Crippen molar-refractivity contribution in [2.75, 3.05) is 27.2 Å². The van der Waals surface area contributed by atoms with Crippen molar-refractivity contribution >= 4 is 0 Å². The van der Waals surface area contributed by atoms with Crippen molar-refractivity contribution in [1.29, 1.82) is 5.26 Å². The molecule has 102 valence electrons. The number of piperidine rings is 1. The predicted octanol–water partition coefficient (Wildman–Crippen LogP) is 2.22. The minimum Gasteiger partial charge on any atom is -0.305 e. The molecule has 0 radical (unpaired) electrons. The van der Waals surface area contributed by atoms with Crippen LogP contribution in [0.4, 0.5) is 4.39 Å². The van der Waals surface area contributed by atoms with Crippen LogP contribution in [0.5, 0.6) is 0 Å². The Bertz CT molecular complexity index is 479. The Hall–Kier alpha value is -1.44. The second-order valence-electron chi connectivity index (χ2n) is 5.41. The van der Waals surface area contributed by atoms with Crippen LogP contribution < -0.4 is 0 Å². The predicted molar refractivity (Wildman–Crippen MR) is 73.1 cm³/mol. The summed E-state index contributed by atoms with van der Waals surface area (Å²) < 4.78 is 13.8. The average molecular weight is 261 g/mol. The van der Waals surface area contributed by atoms with Crippen molar-refractivity contribution in [3.05, 3.63) is 35.1 Å². The van der Waals surface area contributed by atoms with Crippen LogP contribution >= 0.6 is 0 Å². The second kappa shape index (κ2) is 6.14. The smallest absolute Gasteiger partial charge is 0.127 e. The number of likely N-dealkylation sites (tertiary alicyclic amines) is 1. The van der Waals surface area contributed by atoms with Gasteiger partial charge in [0.15, 0.2) is 0 Å². The molecule has 0 saturated carbocycles. The summed E-state index contributed by atoms with van der Waals surface area (Å²) in [6, 6.07) is 7.18. The molecular weight excluding hydrogens is 241 g/mol. The van der Waals surface area contributed by atoms with Crippen LogP contribution in [0.3, 0.4) is 0 Å². The molecule has 0 spiro atoms. The van der Waals surface area contributed by atoms with Crippen molar-refractivity contribution < 1.29 is 4.39 Å². The summed E-state index contributed by atoms with van der Waals surface area (Å²) in [7, 11) is 4.18. The molecule has 1 aromatic rings. The molecule has 1 fully saturated rings. The summed E-state index contributed by atoms with van der Waals surface area (Å²) in [5.41, 5.74) is 1.15. The molecule has 2 rings (SSSR count). The highest BCUT2D eigenvalue weighted by atomic mass is 19.1. The van der Waals surface area contributed by atoms with Crippen molar-refractivity contribution in [3.63, 3.8) is 0 Å². The molecule has 1 aromatic carbocycles. The van der Waals surface area contributed by atoms with E-state index in [0.717, 1.165) is 19.5 Å². The molecule has 1 saturated heterocycles. The van der Waals surface area contributed by atoms with Crippen LogP contribution in [0.15, 0.2) is 18.2 Å². The van der Waals surface area contributed by atoms with Gasteiger partial charge in [0.1, 0.15) is 5.82 Å². The lowest BCUT2D eigenvalue weighted by atomic mass is 10.0. The zero-order chi connectivity index (χ0) is 13.8. The SMILES string of the molecule is CN(C)C1CCCN(Cc2cc(C#N)ccc2F)C1. The molecule has 1 heterocycles. The summed E-state index contributed by atoms with van der Waals surface area (Å²) in [4.78, 5) is 4.50. The van der Waals surface area contributed by atoms with Crippen LogP contribution in [0.1, 0.15) is 24.0 Å². The fraction of sp³-hybridized carbons (Fsp3) is 0.533. The van der Waals surface area contributed by atoms with Gasteiger partial charge in [-0.05, 0) is 51.7 Å². The lowest BCUT2D eigenvalue weighted by molar-refractivity contribution is 0.127. The highest BCUT2D eigenvalue weighted by Gasteiger charge is 2.22. The van der Waals surface area contributed by atoms with Gasteiger partial charge < -0.3 is 4.90 Å². The van der Waals surface area contributed by atoms with Crippen LogP contribution in [-0.4, -0.2) is 43.0 Å². The van der Waals surface area contributed by atoms with E-state index in [0.29, 0.717) is 23.7 Å². The number of halogens is 1. The first kappa shape index (κ1) is 14.0. The van der Waals surface area contributed by atoms with E-state index in [1.165, 1.54) is 18.6 Å². The van der Waals surface area contributed by atoms with Gasteiger partial charge in [-0.2, -0.15) is 5.26 Å². The van der Waals surface area contributed by atoms with E-state index in [9.17, 15) is 4.39 Å². The molecule has 3 nitrogen and oxygen atoms in total. The molecule has 1 atom stereocenters. The van der Waals surface area contributed by atoms with E-state index in [-0.39, 0.29) is 5.82 Å². The number of nitrogens with zero attached hydrogens (tertiary/aromatic N) is 3. The Morgan fingerprint density at radius 3 is 2.95 bits per heavy atom. The van der Waals surface area contributed by atoms with Gasteiger partial charge >= 0.3 is 0 Å². The monoisotopic (exact) mass is 261 g/mol. The second-order valence-corrected chi connectivity index (χ2v) is 5.41. The van der Waals surface area contributed by atoms with E-state index < -0.39 is 0 Å². The van der Waals surface area contributed by atoms with E-state index in [1.54, 1.807) is 6.07 Å². The fourth-order valence-electron chi connectivity index (χ4n) is 2.60. The summed E-state index contributed by atoms with van der Waals surface area (Å²) in [6.45, 7) is 2.55. The van der Waals surface area contributed by atoms with Gasteiger partial charge in [-0.15, -0.1) is 0 Å². The summed E-state index contributed by atoms with van der Waals surface area (Å²) >= 11 is 0. The molecule has 4 heteroatoms. The molecule has 0 N–H and O–H groups in total. The first-order chi connectivity index (χ1) is 9.10. The average Bonchev–Trinajstić information content (AvgIpc) is 2.41. The molecule has 1 aliphatic heterocycles. The normalized spacial score (nSPS) is 20.5. The van der Waals surface area contributed by atoms with Crippen molar-refractivity contribution in [1.82, 2.24) is 9.80 Å². The minimum atomic E-state index is -0.217. The van der Waals surface area contributed by atoms with Gasteiger partial charge in [0.05, 0.1) is 11.6 Å². The van der Waals surface area contributed by atoms with E-state index in [1.807, 2.05) is 0 Å². The number of likely N-dealkylation sites (N-methyl/N-ethyl adjacent to an activating group) is 1. The standard InChI is InChI=1S/C15H20FN3/c1-18(2)14-4-3-7-19(11-14)10-13-8-12(9-17)5-6-15(13)16/h5-6,8,14H,3-4,7,10-11H2,1-2H3. The third kappa shape index (κ3) is 3.52. The lowest BCUT2D eigenvalue weighted by Crippen LogP contribution is -2.44.